The summed E-state index contributed by atoms with van der Waals surface area (Å²) in [5.41, 5.74) is 1.05. The highest BCUT2D eigenvalue weighted by Crippen LogP contribution is 2.55. The monoisotopic (exact) mass is 301 g/mol. The molecule has 0 saturated heterocycles. The average Bonchev–Trinajstić information content (AvgIpc) is 3.38. The van der Waals surface area contributed by atoms with Crippen molar-refractivity contribution in [2.45, 2.75) is 32.7 Å². The third-order valence-electron chi connectivity index (χ3n) is 4.83. The lowest BCUT2D eigenvalue weighted by molar-refractivity contribution is -0.143. The van der Waals surface area contributed by atoms with Gasteiger partial charge < -0.3 is 10.0 Å². The van der Waals surface area contributed by atoms with E-state index in [1.807, 2.05) is 30.3 Å². The van der Waals surface area contributed by atoms with Crippen LogP contribution in [0.25, 0.3) is 0 Å². The normalized spacial score (nSPS) is 24.6. The molecule has 1 N–H and O–H groups in total. The Morgan fingerprint density at radius 2 is 1.95 bits per heavy atom. The Kier molecular flexibility index (Phi) is 4.19. The summed E-state index contributed by atoms with van der Waals surface area (Å²) in [5.74, 6) is 0.215. The molecule has 0 bridgehead atoms. The maximum atomic E-state index is 12.7. The topological polar surface area (TPSA) is 57.6 Å². The van der Waals surface area contributed by atoms with Crippen LogP contribution in [0.3, 0.4) is 0 Å². The van der Waals surface area contributed by atoms with E-state index in [4.69, 9.17) is 5.11 Å². The Hall–Kier alpha value is -1.84. The predicted molar refractivity (Wildman–Crippen MR) is 83.0 cm³/mol. The van der Waals surface area contributed by atoms with Gasteiger partial charge in [-0.1, -0.05) is 37.3 Å². The zero-order valence-corrected chi connectivity index (χ0v) is 12.9. The van der Waals surface area contributed by atoms with Crippen molar-refractivity contribution in [3.8, 4) is 0 Å². The van der Waals surface area contributed by atoms with E-state index in [0.717, 1.165) is 17.9 Å². The zero-order valence-electron chi connectivity index (χ0n) is 12.9. The van der Waals surface area contributed by atoms with Gasteiger partial charge >= 0.3 is 5.97 Å². The maximum Gasteiger partial charge on any atom is 0.308 e. The molecule has 2 fully saturated rings. The number of benzene rings is 1. The minimum absolute atomic E-state index is 0.136. The van der Waals surface area contributed by atoms with Gasteiger partial charge in [0.05, 0.1) is 5.92 Å². The molecule has 1 aromatic rings. The van der Waals surface area contributed by atoms with Gasteiger partial charge in [-0.3, -0.25) is 9.59 Å². The van der Waals surface area contributed by atoms with Crippen molar-refractivity contribution >= 4 is 11.9 Å². The lowest BCUT2D eigenvalue weighted by atomic mass is 10.1. The number of carbonyl (C=O) groups excluding carboxylic acids is 1. The van der Waals surface area contributed by atoms with Crippen molar-refractivity contribution in [2.24, 2.45) is 23.7 Å². The molecule has 4 heteroatoms. The zero-order chi connectivity index (χ0) is 15.7. The summed E-state index contributed by atoms with van der Waals surface area (Å²) in [6.07, 6.45) is 3.52. The number of amides is 1. The number of carboxylic acids is 1. The summed E-state index contributed by atoms with van der Waals surface area (Å²) in [6, 6.07) is 9.80. The summed E-state index contributed by atoms with van der Waals surface area (Å²) in [7, 11) is 0. The van der Waals surface area contributed by atoms with Crippen LogP contribution in [-0.2, 0) is 16.1 Å². The minimum Gasteiger partial charge on any atom is -0.481 e. The molecule has 2 aliphatic rings. The second-order valence-electron chi connectivity index (χ2n) is 6.79. The fourth-order valence-electron chi connectivity index (χ4n) is 3.22. The van der Waals surface area contributed by atoms with Crippen LogP contribution in [0.15, 0.2) is 30.3 Å². The standard InChI is InChI=1S/C18H23NO3/c1-12(18(21)22)10-19(11-13-5-3-2-4-6-13)17(20)16-9-15(16)14-7-8-14/h2-6,12,14-16H,7-11H2,1H3,(H,21,22). The van der Waals surface area contributed by atoms with Crippen LogP contribution in [0.1, 0.15) is 31.7 Å². The smallest absolute Gasteiger partial charge is 0.308 e. The van der Waals surface area contributed by atoms with Crippen molar-refractivity contribution < 1.29 is 14.7 Å². The highest BCUT2D eigenvalue weighted by Gasteiger charge is 2.52. The molecule has 0 aromatic heterocycles. The summed E-state index contributed by atoms with van der Waals surface area (Å²) in [4.78, 5) is 25.6. The number of hydrogen-bond donors (Lipinski definition) is 1. The number of carbonyl (C=O) groups is 2. The van der Waals surface area contributed by atoms with Crippen LogP contribution in [0.5, 0.6) is 0 Å². The van der Waals surface area contributed by atoms with E-state index in [9.17, 15) is 9.59 Å². The van der Waals surface area contributed by atoms with Crippen molar-refractivity contribution in [1.82, 2.24) is 4.90 Å². The van der Waals surface area contributed by atoms with Crippen LogP contribution in [0.2, 0.25) is 0 Å². The van der Waals surface area contributed by atoms with E-state index in [0.29, 0.717) is 12.5 Å². The van der Waals surface area contributed by atoms with Crippen molar-refractivity contribution in [1.29, 1.82) is 0 Å². The van der Waals surface area contributed by atoms with Crippen LogP contribution in [-0.4, -0.2) is 28.4 Å². The summed E-state index contributed by atoms with van der Waals surface area (Å²) < 4.78 is 0. The number of nitrogens with zero attached hydrogens (tertiary/aromatic N) is 1. The quantitative estimate of drug-likeness (QED) is 0.842. The summed E-state index contributed by atoms with van der Waals surface area (Å²) in [5, 5.41) is 9.15. The Morgan fingerprint density at radius 3 is 2.55 bits per heavy atom. The Balaban J connectivity index is 1.67. The molecule has 0 aliphatic heterocycles. The molecule has 0 heterocycles. The molecule has 3 atom stereocenters. The second kappa shape index (κ2) is 6.11. The van der Waals surface area contributed by atoms with E-state index in [1.165, 1.54) is 12.8 Å². The molecular weight excluding hydrogens is 278 g/mol. The van der Waals surface area contributed by atoms with E-state index < -0.39 is 11.9 Å². The molecule has 2 saturated carbocycles. The number of carboxylic acid groups (broad SMARTS) is 1. The first-order valence-corrected chi connectivity index (χ1v) is 8.11. The summed E-state index contributed by atoms with van der Waals surface area (Å²) in [6.45, 7) is 2.46. The Labute approximate surface area is 131 Å². The van der Waals surface area contributed by atoms with Crippen LogP contribution < -0.4 is 0 Å². The molecule has 118 valence electrons. The molecule has 1 amide bonds. The third kappa shape index (κ3) is 3.49. The molecule has 0 spiro atoms. The number of aliphatic carboxylic acids is 1. The molecule has 3 unspecified atom stereocenters. The highest BCUT2D eigenvalue weighted by molar-refractivity contribution is 5.82. The van der Waals surface area contributed by atoms with Crippen LogP contribution in [0.4, 0.5) is 0 Å². The Bertz CT molecular complexity index is 553. The first kappa shape index (κ1) is 15.1. The molecule has 4 nitrogen and oxygen atoms in total. The van der Waals surface area contributed by atoms with Gasteiger partial charge in [0.2, 0.25) is 5.91 Å². The van der Waals surface area contributed by atoms with Gasteiger partial charge in [0, 0.05) is 19.0 Å². The van der Waals surface area contributed by atoms with E-state index in [-0.39, 0.29) is 18.4 Å². The highest BCUT2D eigenvalue weighted by atomic mass is 16.4. The van der Waals surface area contributed by atoms with Crippen molar-refractivity contribution in [3.63, 3.8) is 0 Å². The van der Waals surface area contributed by atoms with Gasteiger partial charge in [0.25, 0.3) is 0 Å². The number of rotatable bonds is 7. The lowest BCUT2D eigenvalue weighted by Gasteiger charge is -2.25. The van der Waals surface area contributed by atoms with Crippen molar-refractivity contribution in [3.05, 3.63) is 35.9 Å². The fourth-order valence-corrected chi connectivity index (χ4v) is 3.22. The SMILES string of the molecule is CC(CN(Cc1ccccc1)C(=O)C1CC1C1CC1)C(=O)O. The predicted octanol–water partition coefficient (Wildman–Crippen LogP) is 2.78. The van der Waals surface area contributed by atoms with Crippen LogP contribution >= 0.6 is 0 Å². The first-order valence-electron chi connectivity index (χ1n) is 8.11. The van der Waals surface area contributed by atoms with E-state index in [1.54, 1.807) is 11.8 Å². The van der Waals surface area contributed by atoms with E-state index >= 15 is 0 Å². The average molecular weight is 301 g/mol. The van der Waals surface area contributed by atoms with Gasteiger partial charge in [-0.15, -0.1) is 0 Å². The van der Waals surface area contributed by atoms with Gasteiger partial charge in [-0.2, -0.15) is 0 Å². The molecule has 0 radical (unpaired) electrons. The van der Waals surface area contributed by atoms with E-state index in [2.05, 4.69) is 0 Å². The number of hydrogen-bond acceptors (Lipinski definition) is 2. The molecule has 22 heavy (non-hydrogen) atoms. The second-order valence-corrected chi connectivity index (χ2v) is 6.79. The van der Waals surface area contributed by atoms with Gasteiger partial charge in [0.15, 0.2) is 0 Å². The molecule has 2 aliphatic carbocycles. The van der Waals surface area contributed by atoms with Crippen molar-refractivity contribution in [2.75, 3.05) is 6.54 Å². The van der Waals surface area contributed by atoms with Crippen LogP contribution in [0, 0.1) is 23.7 Å². The molecule has 3 rings (SSSR count). The molecule has 1 aromatic carbocycles. The van der Waals surface area contributed by atoms with Gasteiger partial charge in [-0.25, -0.2) is 0 Å². The summed E-state index contributed by atoms with van der Waals surface area (Å²) >= 11 is 0. The molecular formula is C18H23NO3. The first-order chi connectivity index (χ1) is 10.6. The maximum absolute atomic E-state index is 12.7. The van der Waals surface area contributed by atoms with Gasteiger partial charge in [0.1, 0.15) is 0 Å². The Morgan fingerprint density at radius 1 is 1.27 bits per heavy atom. The minimum atomic E-state index is -0.847. The largest absolute Gasteiger partial charge is 0.481 e. The van der Waals surface area contributed by atoms with Gasteiger partial charge in [-0.05, 0) is 36.7 Å². The fraction of sp³-hybridized carbons (Fsp3) is 0.556. The lowest BCUT2D eigenvalue weighted by Crippen LogP contribution is -2.37. The third-order valence-corrected chi connectivity index (χ3v) is 4.83.